The van der Waals surface area contributed by atoms with Crippen LogP contribution < -0.4 is 5.32 Å². The Morgan fingerprint density at radius 1 is 1.24 bits per heavy atom. The molecule has 2 aromatic heterocycles. The number of furan rings is 1. The minimum absolute atomic E-state index is 0.461. The number of hydrogen-bond donors (Lipinski definition) is 1. The standard InChI is InChI=1S/C17H27N3O/c1-6-14-9-15(7-2)20(19-14)11-16-8-13(5)17(21-16)10-18-12(3)4/h8-9,12,18H,6-7,10-11H2,1-5H3. The van der Waals surface area contributed by atoms with Crippen LogP contribution in [0.15, 0.2) is 16.5 Å². The van der Waals surface area contributed by atoms with Gasteiger partial charge in [0.2, 0.25) is 0 Å². The maximum absolute atomic E-state index is 5.99. The van der Waals surface area contributed by atoms with Crippen molar-refractivity contribution in [1.29, 1.82) is 0 Å². The maximum atomic E-state index is 5.99. The van der Waals surface area contributed by atoms with Crippen LogP contribution in [0.5, 0.6) is 0 Å². The lowest BCUT2D eigenvalue weighted by atomic mass is 10.2. The van der Waals surface area contributed by atoms with E-state index in [1.165, 1.54) is 11.3 Å². The Morgan fingerprint density at radius 3 is 2.62 bits per heavy atom. The van der Waals surface area contributed by atoms with Crippen molar-refractivity contribution in [3.8, 4) is 0 Å². The summed E-state index contributed by atoms with van der Waals surface area (Å²) in [5, 5.41) is 8.05. The zero-order valence-corrected chi connectivity index (χ0v) is 13.9. The number of aromatic nitrogens is 2. The Bertz CT molecular complexity index is 581. The Kier molecular flexibility index (Phi) is 5.23. The fraction of sp³-hybridized carbons (Fsp3) is 0.588. The van der Waals surface area contributed by atoms with Crippen molar-refractivity contribution < 1.29 is 4.42 Å². The van der Waals surface area contributed by atoms with Crippen LogP contribution in [0.4, 0.5) is 0 Å². The monoisotopic (exact) mass is 289 g/mol. The van der Waals surface area contributed by atoms with E-state index in [0.717, 1.165) is 36.6 Å². The molecule has 21 heavy (non-hydrogen) atoms. The molecule has 1 N–H and O–H groups in total. The molecule has 4 heteroatoms. The number of nitrogens with zero attached hydrogens (tertiary/aromatic N) is 2. The third kappa shape index (κ3) is 3.97. The van der Waals surface area contributed by atoms with E-state index < -0.39 is 0 Å². The first kappa shape index (κ1) is 15.8. The van der Waals surface area contributed by atoms with Gasteiger partial charge in [-0.3, -0.25) is 4.68 Å². The molecule has 2 rings (SSSR count). The highest BCUT2D eigenvalue weighted by Gasteiger charge is 2.11. The maximum Gasteiger partial charge on any atom is 0.126 e. The Hall–Kier alpha value is -1.55. The lowest BCUT2D eigenvalue weighted by Crippen LogP contribution is -2.21. The minimum Gasteiger partial charge on any atom is -0.462 e. The second-order valence-corrected chi connectivity index (χ2v) is 5.85. The molecule has 0 saturated carbocycles. The van der Waals surface area contributed by atoms with E-state index in [1.807, 2.05) is 0 Å². The van der Waals surface area contributed by atoms with Crippen LogP contribution in [0.3, 0.4) is 0 Å². The van der Waals surface area contributed by atoms with Crippen LogP contribution in [0.1, 0.15) is 56.2 Å². The van der Waals surface area contributed by atoms with Crippen LogP contribution >= 0.6 is 0 Å². The van der Waals surface area contributed by atoms with E-state index >= 15 is 0 Å². The van der Waals surface area contributed by atoms with Crippen molar-refractivity contribution in [3.63, 3.8) is 0 Å². The van der Waals surface area contributed by atoms with Crippen molar-refractivity contribution in [3.05, 3.63) is 40.6 Å². The Balaban J connectivity index is 2.12. The van der Waals surface area contributed by atoms with Gasteiger partial charge in [-0.1, -0.05) is 27.7 Å². The molecule has 0 bridgehead atoms. The van der Waals surface area contributed by atoms with E-state index in [4.69, 9.17) is 4.42 Å². The average molecular weight is 289 g/mol. The van der Waals surface area contributed by atoms with Gasteiger partial charge < -0.3 is 9.73 Å². The van der Waals surface area contributed by atoms with E-state index in [2.05, 4.69) is 61.8 Å². The number of rotatable bonds is 7. The molecule has 0 aliphatic rings. The topological polar surface area (TPSA) is 43.0 Å². The highest BCUT2D eigenvalue weighted by atomic mass is 16.3. The number of hydrogen-bond acceptors (Lipinski definition) is 3. The summed E-state index contributed by atoms with van der Waals surface area (Å²) in [5.74, 6) is 2.01. The predicted molar refractivity (Wildman–Crippen MR) is 85.5 cm³/mol. The van der Waals surface area contributed by atoms with Crippen LogP contribution in [0, 0.1) is 6.92 Å². The molecule has 0 fully saturated rings. The molecular weight excluding hydrogens is 262 g/mol. The third-order valence-electron chi connectivity index (χ3n) is 3.69. The summed E-state index contributed by atoms with van der Waals surface area (Å²) in [6.45, 7) is 12.2. The van der Waals surface area contributed by atoms with Crippen molar-refractivity contribution >= 4 is 0 Å². The van der Waals surface area contributed by atoms with Crippen LogP contribution in [-0.4, -0.2) is 15.8 Å². The zero-order valence-electron chi connectivity index (χ0n) is 13.9. The predicted octanol–water partition coefficient (Wildman–Crippen LogP) is 3.46. The molecule has 2 aromatic rings. The van der Waals surface area contributed by atoms with Gasteiger partial charge in [-0.25, -0.2) is 0 Å². The highest BCUT2D eigenvalue weighted by molar-refractivity contribution is 5.21. The fourth-order valence-corrected chi connectivity index (χ4v) is 2.40. The summed E-state index contributed by atoms with van der Waals surface area (Å²) in [6.07, 6.45) is 1.97. The van der Waals surface area contributed by atoms with Gasteiger partial charge in [0.15, 0.2) is 0 Å². The largest absolute Gasteiger partial charge is 0.462 e. The van der Waals surface area contributed by atoms with Gasteiger partial charge in [-0.2, -0.15) is 5.10 Å². The summed E-state index contributed by atoms with van der Waals surface area (Å²) in [4.78, 5) is 0. The SMILES string of the molecule is CCc1cc(CC)n(Cc2cc(C)c(CNC(C)C)o2)n1. The first-order valence-electron chi connectivity index (χ1n) is 7.90. The molecule has 0 unspecified atom stereocenters. The van der Waals surface area contributed by atoms with Crippen LogP contribution in [0.2, 0.25) is 0 Å². The molecule has 0 aliphatic carbocycles. The molecular formula is C17H27N3O. The smallest absolute Gasteiger partial charge is 0.126 e. The van der Waals surface area contributed by atoms with E-state index in [9.17, 15) is 0 Å². The van der Waals surface area contributed by atoms with Gasteiger partial charge in [-0.05, 0) is 37.5 Å². The lowest BCUT2D eigenvalue weighted by molar-refractivity contribution is 0.417. The summed E-state index contributed by atoms with van der Waals surface area (Å²) in [6, 6.07) is 4.78. The molecule has 0 spiro atoms. The Labute approximate surface area is 127 Å². The molecule has 0 saturated heterocycles. The highest BCUT2D eigenvalue weighted by Crippen LogP contribution is 2.17. The van der Waals surface area contributed by atoms with Crippen molar-refractivity contribution in [2.75, 3.05) is 0 Å². The van der Waals surface area contributed by atoms with Gasteiger partial charge in [-0.15, -0.1) is 0 Å². The molecule has 0 aliphatic heterocycles. The molecule has 116 valence electrons. The lowest BCUT2D eigenvalue weighted by Gasteiger charge is -2.06. The zero-order chi connectivity index (χ0) is 15.4. The summed E-state index contributed by atoms with van der Waals surface area (Å²) in [5.41, 5.74) is 3.62. The molecule has 0 amide bonds. The van der Waals surface area contributed by atoms with E-state index in [0.29, 0.717) is 12.6 Å². The number of nitrogens with one attached hydrogen (secondary N) is 1. The summed E-state index contributed by atoms with van der Waals surface area (Å²) < 4.78 is 8.05. The van der Waals surface area contributed by atoms with Crippen LogP contribution in [0.25, 0.3) is 0 Å². The van der Waals surface area contributed by atoms with Crippen molar-refractivity contribution in [1.82, 2.24) is 15.1 Å². The number of aryl methyl sites for hydroxylation is 3. The molecule has 0 atom stereocenters. The normalized spacial score (nSPS) is 11.5. The van der Waals surface area contributed by atoms with E-state index in [-0.39, 0.29) is 0 Å². The fourth-order valence-electron chi connectivity index (χ4n) is 2.40. The van der Waals surface area contributed by atoms with Gasteiger partial charge in [0.25, 0.3) is 0 Å². The minimum atomic E-state index is 0.461. The van der Waals surface area contributed by atoms with Gasteiger partial charge in [0.1, 0.15) is 11.5 Å². The summed E-state index contributed by atoms with van der Waals surface area (Å²) in [7, 11) is 0. The van der Waals surface area contributed by atoms with Gasteiger partial charge in [0.05, 0.1) is 18.8 Å². The van der Waals surface area contributed by atoms with Crippen molar-refractivity contribution in [2.45, 2.75) is 66.6 Å². The first-order valence-corrected chi connectivity index (χ1v) is 7.90. The molecule has 4 nitrogen and oxygen atoms in total. The van der Waals surface area contributed by atoms with Crippen LogP contribution in [-0.2, 0) is 25.9 Å². The van der Waals surface area contributed by atoms with E-state index in [1.54, 1.807) is 0 Å². The van der Waals surface area contributed by atoms with Gasteiger partial charge in [0, 0.05) is 11.7 Å². The molecule has 2 heterocycles. The van der Waals surface area contributed by atoms with Gasteiger partial charge >= 0.3 is 0 Å². The summed E-state index contributed by atoms with van der Waals surface area (Å²) >= 11 is 0. The third-order valence-corrected chi connectivity index (χ3v) is 3.69. The second-order valence-electron chi connectivity index (χ2n) is 5.85. The van der Waals surface area contributed by atoms with Crippen molar-refractivity contribution in [2.24, 2.45) is 0 Å². The quantitative estimate of drug-likeness (QED) is 0.849. The second kappa shape index (κ2) is 6.94. The molecule has 0 radical (unpaired) electrons. The average Bonchev–Trinajstić information content (AvgIpc) is 3.00. The molecule has 0 aromatic carbocycles. The first-order chi connectivity index (χ1) is 10.0. The Morgan fingerprint density at radius 2 is 2.00 bits per heavy atom.